The minimum atomic E-state index is -0.833. The van der Waals surface area contributed by atoms with Crippen LogP contribution in [0.5, 0.6) is 0 Å². The maximum atomic E-state index is 12.3. The zero-order valence-corrected chi connectivity index (χ0v) is 14.9. The van der Waals surface area contributed by atoms with Crippen molar-refractivity contribution >= 4 is 39.7 Å². The topological polar surface area (TPSA) is 97.7 Å². The van der Waals surface area contributed by atoms with E-state index in [0.29, 0.717) is 21.1 Å². The third-order valence-electron chi connectivity index (χ3n) is 2.96. The van der Waals surface area contributed by atoms with Gasteiger partial charge in [-0.15, -0.1) is 16.4 Å². The van der Waals surface area contributed by atoms with Gasteiger partial charge in [-0.2, -0.15) is 9.50 Å². The van der Waals surface area contributed by atoms with Gasteiger partial charge in [-0.3, -0.25) is 9.59 Å². The number of fused-ring (bicyclic) bond motifs is 1. The first-order valence-corrected chi connectivity index (χ1v) is 8.85. The molecule has 0 aliphatic carbocycles. The average molecular weight is 375 g/mol. The molecular formula is C16H13N3O4S2. The number of rotatable bonds is 2. The van der Waals surface area contributed by atoms with Crippen LogP contribution in [0, 0.1) is 6.92 Å². The van der Waals surface area contributed by atoms with Gasteiger partial charge in [0.2, 0.25) is 4.96 Å². The molecule has 4 aromatic heterocycles. The predicted molar refractivity (Wildman–Crippen MR) is 96.0 cm³/mol. The summed E-state index contributed by atoms with van der Waals surface area (Å²) in [6.45, 7) is 2.95. The van der Waals surface area contributed by atoms with E-state index in [0.717, 1.165) is 17.6 Å². The highest BCUT2D eigenvalue weighted by Crippen LogP contribution is 2.21. The molecule has 0 radical (unpaired) electrons. The Morgan fingerprint density at radius 3 is 2.68 bits per heavy atom. The number of aliphatic carboxylic acids is 1. The van der Waals surface area contributed by atoms with Crippen LogP contribution in [0.4, 0.5) is 0 Å². The third-order valence-corrected chi connectivity index (χ3v) is 4.78. The Labute approximate surface area is 149 Å². The lowest BCUT2D eigenvalue weighted by atomic mass is 10.4. The Hall–Kier alpha value is -2.78. The molecule has 0 spiro atoms. The average Bonchev–Trinajstić information content (AvgIpc) is 3.27. The number of hydrogen-bond acceptors (Lipinski definition) is 7. The number of hydrogen-bond donors (Lipinski definition) is 1. The van der Waals surface area contributed by atoms with Crippen molar-refractivity contribution in [3.63, 3.8) is 0 Å². The first-order valence-electron chi connectivity index (χ1n) is 7.15. The summed E-state index contributed by atoms with van der Waals surface area (Å²) in [6.07, 6.45) is 1.72. The summed E-state index contributed by atoms with van der Waals surface area (Å²) in [5.41, 5.74) is -0.167. The lowest BCUT2D eigenvalue weighted by Gasteiger charge is -1.84. The van der Waals surface area contributed by atoms with Gasteiger partial charge >= 0.3 is 0 Å². The summed E-state index contributed by atoms with van der Waals surface area (Å²) in [6, 6.07) is 7.57. The monoisotopic (exact) mass is 375 g/mol. The largest absolute Gasteiger partial charge is 0.481 e. The van der Waals surface area contributed by atoms with Gasteiger partial charge < -0.3 is 9.52 Å². The first-order chi connectivity index (χ1) is 11.9. The smallest absolute Gasteiger partial charge is 0.300 e. The van der Waals surface area contributed by atoms with Gasteiger partial charge in [0.15, 0.2) is 5.82 Å². The molecule has 0 fully saturated rings. The number of nitrogens with zero attached hydrogens (tertiary/aromatic N) is 3. The summed E-state index contributed by atoms with van der Waals surface area (Å²) in [4.78, 5) is 27.3. The van der Waals surface area contributed by atoms with E-state index in [1.165, 1.54) is 15.9 Å². The summed E-state index contributed by atoms with van der Waals surface area (Å²) in [5, 5.41) is 13.7. The quantitative estimate of drug-likeness (QED) is 0.578. The van der Waals surface area contributed by atoms with E-state index in [9.17, 15) is 4.79 Å². The third kappa shape index (κ3) is 3.83. The van der Waals surface area contributed by atoms with E-state index in [2.05, 4.69) is 10.1 Å². The SMILES string of the molecule is CC(=O)O.Cc1ccc(C=c2sc3nc(-c4cccs4)nn3c2=O)o1. The molecule has 4 heterocycles. The molecule has 7 nitrogen and oxygen atoms in total. The molecule has 0 amide bonds. The number of furan rings is 1. The maximum absolute atomic E-state index is 12.3. The summed E-state index contributed by atoms with van der Waals surface area (Å²) >= 11 is 2.86. The van der Waals surface area contributed by atoms with Crippen LogP contribution in [0.25, 0.3) is 21.7 Å². The summed E-state index contributed by atoms with van der Waals surface area (Å²) in [7, 11) is 0. The molecule has 0 aromatic carbocycles. The van der Waals surface area contributed by atoms with Crippen molar-refractivity contribution in [2.45, 2.75) is 13.8 Å². The van der Waals surface area contributed by atoms with Crippen molar-refractivity contribution in [2.24, 2.45) is 0 Å². The Kier molecular flexibility index (Phi) is 4.77. The zero-order chi connectivity index (χ0) is 18.0. The van der Waals surface area contributed by atoms with Crippen LogP contribution >= 0.6 is 22.7 Å². The highest BCUT2D eigenvalue weighted by molar-refractivity contribution is 7.15. The molecule has 0 bridgehead atoms. The number of aryl methyl sites for hydroxylation is 1. The molecular weight excluding hydrogens is 362 g/mol. The van der Waals surface area contributed by atoms with Crippen molar-refractivity contribution in [1.82, 2.24) is 14.6 Å². The Balaban J connectivity index is 0.000000415. The zero-order valence-electron chi connectivity index (χ0n) is 13.3. The van der Waals surface area contributed by atoms with Gasteiger partial charge in [0, 0.05) is 13.0 Å². The highest BCUT2D eigenvalue weighted by atomic mass is 32.1. The lowest BCUT2D eigenvalue weighted by molar-refractivity contribution is -0.134. The second-order valence-corrected chi connectivity index (χ2v) is 6.95. The molecule has 0 atom stereocenters. The van der Waals surface area contributed by atoms with Crippen LogP contribution in [0.1, 0.15) is 18.4 Å². The molecule has 1 N–H and O–H groups in total. The van der Waals surface area contributed by atoms with E-state index in [4.69, 9.17) is 14.3 Å². The van der Waals surface area contributed by atoms with Crippen LogP contribution in [-0.2, 0) is 4.79 Å². The van der Waals surface area contributed by atoms with Gasteiger partial charge in [0.1, 0.15) is 16.1 Å². The highest BCUT2D eigenvalue weighted by Gasteiger charge is 2.12. The van der Waals surface area contributed by atoms with Crippen LogP contribution in [0.3, 0.4) is 0 Å². The van der Waals surface area contributed by atoms with Gasteiger partial charge in [-0.1, -0.05) is 17.4 Å². The number of aromatic nitrogens is 3. The first kappa shape index (κ1) is 17.1. The van der Waals surface area contributed by atoms with E-state index in [1.54, 1.807) is 17.4 Å². The van der Waals surface area contributed by atoms with Crippen molar-refractivity contribution in [1.29, 1.82) is 0 Å². The number of carboxylic acid groups (broad SMARTS) is 1. The normalized spacial score (nSPS) is 11.5. The Bertz CT molecular complexity index is 1120. The molecule has 25 heavy (non-hydrogen) atoms. The van der Waals surface area contributed by atoms with Crippen LogP contribution in [0.2, 0.25) is 0 Å². The minimum Gasteiger partial charge on any atom is -0.481 e. The van der Waals surface area contributed by atoms with E-state index < -0.39 is 5.97 Å². The van der Waals surface area contributed by atoms with Gasteiger partial charge in [-0.05, 0) is 30.5 Å². The fourth-order valence-corrected chi connectivity index (χ4v) is 3.54. The molecule has 4 rings (SSSR count). The molecule has 0 unspecified atom stereocenters. The second kappa shape index (κ2) is 6.99. The fraction of sp³-hybridized carbons (Fsp3) is 0.125. The molecule has 9 heteroatoms. The standard InChI is InChI=1S/C14H9N3O2S2.C2H4O2/c1-8-4-5-9(19-8)7-11-13(18)17-14(21-11)15-12(16-17)10-3-2-6-20-10;1-2(3)4/h2-7H,1H3;1H3,(H,3,4). The predicted octanol–water partition coefficient (Wildman–Crippen LogP) is 2.42. The summed E-state index contributed by atoms with van der Waals surface area (Å²) in [5.74, 6) is 1.23. The molecule has 0 aliphatic rings. The number of carbonyl (C=O) groups is 1. The Morgan fingerprint density at radius 1 is 1.36 bits per heavy atom. The van der Waals surface area contributed by atoms with Gasteiger partial charge in [0.05, 0.1) is 4.88 Å². The van der Waals surface area contributed by atoms with E-state index >= 15 is 0 Å². The van der Waals surface area contributed by atoms with Crippen molar-refractivity contribution in [3.8, 4) is 10.7 Å². The van der Waals surface area contributed by atoms with Crippen molar-refractivity contribution < 1.29 is 14.3 Å². The number of thiophene rings is 1. The Morgan fingerprint density at radius 2 is 2.12 bits per heavy atom. The molecule has 128 valence electrons. The fourth-order valence-electron chi connectivity index (χ4n) is 2.00. The summed E-state index contributed by atoms with van der Waals surface area (Å²) < 4.78 is 7.38. The van der Waals surface area contributed by atoms with Crippen LogP contribution < -0.4 is 10.1 Å². The van der Waals surface area contributed by atoms with Crippen molar-refractivity contribution in [3.05, 3.63) is 56.1 Å². The van der Waals surface area contributed by atoms with E-state index in [-0.39, 0.29) is 5.56 Å². The maximum Gasteiger partial charge on any atom is 0.300 e. The van der Waals surface area contributed by atoms with Gasteiger partial charge in [0.25, 0.3) is 11.5 Å². The second-order valence-electron chi connectivity index (χ2n) is 4.99. The number of carboxylic acids is 1. The number of thiazole rings is 1. The molecule has 0 saturated carbocycles. The molecule has 0 saturated heterocycles. The molecule has 0 aliphatic heterocycles. The van der Waals surface area contributed by atoms with E-state index in [1.807, 2.05) is 36.6 Å². The minimum absolute atomic E-state index is 0.167. The van der Waals surface area contributed by atoms with Crippen LogP contribution in [0.15, 0.2) is 38.9 Å². The van der Waals surface area contributed by atoms with Crippen LogP contribution in [-0.4, -0.2) is 25.7 Å². The van der Waals surface area contributed by atoms with Crippen molar-refractivity contribution in [2.75, 3.05) is 0 Å². The molecule has 4 aromatic rings. The van der Waals surface area contributed by atoms with Gasteiger partial charge in [-0.25, -0.2) is 0 Å². The lowest BCUT2D eigenvalue weighted by Crippen LogP contribution is -2.23.